The van der Waals surface area contributed by atoms with E-state index in [1.165, 1.54) is 13.3 Å². The predicted octanol–water partition coefficient (Wildman–Crippen LogP) is 2.63. The highest BCUT2D eigenvalue weighted by molar-refractivity contribution is 5.94. The van der Waals surface area contributed by atoms with Crippen molar-refractivity contribution >= 4 is 11.7 Å². The molecule has 1 amide bonds. The Hall–Kier alpha value is -2.60. The molecule has 1 aromatic carbocycles. The van der Waals surface area contributed by atoms with Gasteiger partial charge in [-0.25, -0.2) is 0 Å². The van der Waals surface area contributed by atoms with Crippen molar-refractivity contribution in [3.05, 3.63) is 47.7 Å². The number of ketones is 1. The van der Waals surface area contributed by atoms with Gasteiger partial charge >= 0.3 is 0 Å². The SMILES string of the molecule is CC(=O)c1ccc(Oc2ccc(C(=O)NC3CC4CCC3N4)cc2)[nH]1. The van der Waals surface area contributed by atoms with Crippen LogP contribution < -0.4 is 15.4 Å². The maximum absolute atomic E-state index is 12.4. The summed E-state index contributed by atoms with van der Waals surface area (Å²) >= 11 is 0. The van der Waals surface area contributed by atoms with Crippen molar-refractivity contribution in [3.63, 3.8) is 0 Å². The number of amides is 1. The number of aromatic amines is 1. The molecule has 2 aliphatic heterocycles. The standard InChI is InChI=1S/C19H21N3O3/c1-11(23)15-8-9-18(21-15)25-14-5-2-12(3-6-14)19(24)22-17-10-13-4-7-16(17)20-13/h2-3,5-6,8-9,13,16-17,20-21H,4,7,10H2,1H3,(H,22,24). The molecule has 1 aromatic heterocycles. The summed E-state index contributed by atoms with van der Waals surface area (Å²) in [6.45, 7) is 1.49. The fraction of sp³-hybridized carbons (Fsp3) is 0.368. The van der Waals surface area contributed by atoms with Gasteiger partial charge in [-0.1, -0.05) is 0 Å². The molecule has 0 saturated carbocycles. The highest BCUT2D eigenvalue weighted by Crippen LogP contribution is 2.28. The highest BCUT2D eigenvalue weighted by Gasteiger charge is 2.39. The molecule has 130 valence electrons. The van der Waals surface area contributed by atoms with Crippen LogP contribution in [0, 0.1) is 0 Å². The second-order valence-corrected chi connectivity index (χ2v) is 6.78. The fourth-order valence-electron chi connectivity index (χ4n) is 3.68. The highest BCUT2D eigenvalue weighted by atomic mass is 16.5. The van der Waals surface area contributed by atoms with Crippen LogP contribution in [0.15, 0.2) is 36.4 Å². The first-order chi connectivity index (χ1) is 12.1. The van der Waals surface area contributed by atoms with Crippen LogP contribution >= 0.6 is 0 Å². The van der Waals surface area contributed by atoms with Gasteiger partial charge in [-0.05, 0) is 49.6 Å². The minimum atomic E-state index is -0.0513. The monoisotopic (exact) mass is 339 g/mol. The van der Waals surface area contributed by atoms with Crippen molar-refractivity contribution in [2.24, 2.45) is 0 Å². The third-order valence-electron chi connectivity index (χ3n) is 5.00. The van der Waals surface area contributed by atoms with E-state index >= 15 is 0 Å². The number of nitrogens with one attached hydrogen (secondary N) is 3. The smallest absolute Gasteiger partial charge is 0.251 e. The van der Waals surface area contributed by atoms with Crippen LogP contribution in [0.4, 0.5) is 0 Å². The molecule has 0 spiro atoms. The minimum Gasteiger partial charge on any atom is -0.441 e. The van der Waals surface area contributed by atoms with Gasteiger partial charge < -0.3 is 20.4 Å². The molecule has 6 nitrogen and oxygen atoms in total. The van der Waals surface area contributed by atoms with Gasteiger partial charge in [-0.15, -0.1) is 0 Å². The second kappa shape index (κ2) is 6.37. The molecule has 0 aliphatic carbocycles. The van der Waals surface area contributed by atoms with Crippen molar-refractivity contribution in [2.75, 3.05) is 0 Å². The molecule has 2 saturated heterocycles. The van der Waals surface area contributed by atoms with E-state index in [4.69, 9.17) is 4.74 Å². The van der Waals surface area contributed by atoms with E-state index in [1.54, 1.807) is 36.4 Å². The number of Topliss-reactive ketones (excluding diaryl/α,β-unsaturated/α-hetero) is 1. The predicted molar refractivity (Wildman–Crippen MR) is 93.1 cm³/mol. The lowest BCUT2D eigenvalue weighted by atomic mass is 9.95. The number of fused-ring (bicyclic) bond motifs is 2. The number of benzene rings is 1. The van der Waals surface area contributed by atoms with E-state index in [1.807, 2.05) is 0 Å². The molecule has 25 heavy (non-hydrogen) atoms. The molecule has 2 bridgehead atoms. The molecular weight excluding hydrogens is 318 g/mol. The fourth-order valence-corrected chi connectivity index (χ4v) is 3.68. The first-order valence-corrected chi connectivity index (χ1v) is 8.63. The number of H-pyrrole nitrogens is 1. The second-order valence-electron chi connectivity index (χ2n) is 6.78. The van der Waals surface area contributed by atoms with E-state index in [0.29, 0.717) is 35.0 Å². The molecule has 3 N–H and O–H groups in total. The number of hydrogen-bond donors (Lipinski definition) is 3. The van der Waals surface area contributed by atoms with Crippen LogP contribution in [-0.4, -0.2) is 34.8 Å². The first-order valence-electron chi connectivity index (χ1n) is 8.63. The largest absolute Gasteiger partial charge is 0.441 e. The summed E-state index contributed by atoms with van der Waals surface area (Å²) in [5.41, 5.74) is 1.12. The quantitative estimate of drug-likeness (QED) is 0.731. The van der Waals surface area contributed by atoms with Crippen molar-refractivity contribution in [1.82, 2.24) is 15.6 Å². The maximum Gasteiger partial charge on any atom is 0.251 e. The van der Waals surface area contributed by atoms with Crippen LogP contribution in [0.25, 0.3) is 0 Å². The van der Waals surface area contributed by atoms with E-state index < -0.39 is 0 Å². The Morgan fingerprint density at radius 2 is 1.92 bits per heavy atom. The van der Waals surface area contributed by atoms with Crippen molar-refractivity contribution in [1.29, 1.82) is 0 Å². The van der Waals surface area contributed by atoms with E-state index in [0.717, 1.165) is 12.8 Å². The first kappa shape index (κ1) is 15.9. The average Bonchev–Trinajstić information content (AvgIpc) is 3.32. The van der Waals surface area contributed by atoms with E-state index in [2.05, 4.69) is 15.6 Å². The number of aromatic nitrogens is 1. The number of hydrogen-bond acceptors (Lipinski definition) is 4. The van der Waals surface area contributed by atoms with Crippen LogP contribution in [0.3, 0.4) is 0 Å². The summed E-state index contributed by atoms with van der Waals surface area (Å²) in [6.07, 6.45) is 3.37. The van der Waals surface area contributed by atoms with Gasteiger partial charge in [0.1, 0.15) is 5.75 Å². The number of carbonyl (C=O) groups is 2. The molecule has 2 aromatic rings. The van der Waals surface area contributed by atoms with Crippen molar-refractivity contribution in [2.45, 2.75) is 44.3 Å². The molecule has 6 heteroatoms. The summed E-state index contributed by atoms with van der Waals surface area (Å²) in [4.78, 5) is 26.6. The summed E-state index contributed by atoms with van der Waals surface area (Å²) in [7, 11) is 0. The molecule has 3 atom stereocenters. The molecule has 4 rings (SSSR count). The third-order valence-corrected chi connectivity index (χ3v) is 5.00. The van der Waals surface area contributed by atoms with Crippen LogP contribution in [0.5, 0.6) is 11.6 Å². The molecule has 3 heterocycles. The molecule has 2 fully saturated rings. The van der Waals surface area contributed by atoms with Crippen molar-refractivity contribution < 1.29 is 14.3 Å². The molecule has 0 radical (unpaired) electrons. The zero-order chi connectivity index (χ0) is 17.4. The summed E-state index contributed by atoms with van der Waals surface area (Å²) < 4.78 is 5.67. The van der Waals surface area contributed by atoms with E-state index in [9.17, 15) is 9.59 Å². The summed E-state index contributed by atoms with van der Waals surface area (Å²) in [6, 6.07) is 11.6. The van der Waals surface area contributed by atoms with Gasteiger partial charge in [-0.3, -0.25) is 9.59 Å². The van der Waals surface area contributed by atoms with Gasteiger partial charge in [-0.2, -0.15) is 0 Å². The zero-order valence-electron chi connectivity index (χ0n) is 14.0. The van der Waals surface area contributed by atoms with Gasteiger partial charge in [0, 0.05) is 36.7 Å². The Kier molecular flexibility index (Phi) is 4.05. The minimum absolute atomic E-state index is 0.0445. The van der Waals surface area contributed by atoms with Gasteiger partial charge in [0.05, 0.1) is 5.69 Å². The molecular formula is C19H21N3O3. The number of carbonyl (C=O) groups excluding carboxylic acids is 2. The van der Waals surface area contributed by atoms with Crippen LogP contribution in [0.1, 0.15) is 47.0 Å². The third kappa shape index (κ3) is 3.30. The Balaban J connectivity index is 1.37. The average molecular weight is 339 g/mol. The van der Waals surface area contributed by atoms with E-state index in [-0.39, 0.29) is 17.7 Å². The topological polar surface area (TPSA) is 83.2 Å². The number of ether oxygens (including phenoxy) is 1. The van der Waals surface area contributed by atoms with Gasteiger partial charge in [0.15, 0.2) is 11.7 Å². The Morgan fingerprint density at radius 3 is 2.52 bits per heavy atom. The normalized spacial score (nSPS) is 24.3. The van der Waals surface area contributed by atoms with Gasteiger partial charge in [0.25, 0.3) is 5.91 Å². The Bertz CT molecular complexity index is 797. The number of rotatable bonds is 5. The zero-order valence-corrected chi connectivity index (χ0v) is 14.0. The maximum atomic E-state index is 12.4. The van der Waals surface area contributed by atoms with Crippen molar-refractivity contribution in [3.8, 4) is 11.6 Å². The lowest BCUT2D eigenvalue weighted by Gasteiger charge is -2.21. The van der Waals surface area contributed by atoms with Gasteiger partial charge in [0.2, 0.25) is 0 Å². The van der Waals surface area contributed by atoms with Crippen LogP contribution in [0.2, 0.25) is 0 Å². The van der Waals surface area contributed by atoms with Crippen LogP contribution in [-0.2, 0) is 0 Å². The Morgan fingerprint density at radius 1 is 1.12 bits per heavy atom. The lowest BCUT2D eigenvalue weighted by molar-refractivity contribution is 0.0930. The lowest BCUT2D eigenvalue weighted by Crippen LogP contribution is -2.42. The summed E-state index contributed by atoms with van der Waals surface area (Å²) in [5, 5.41) is 6.64. The Labute approximate surface area is 146 Å². The molecule has 3 unspecified atom stereocenters. The summed E-state index contributed by atoms with van der Waals surface area (Å²) in [5.74, 6) is 1.01. The molecule has 2 aliphatic rings.